The first kappa shape index (κ1) is 22.3. The fourth-order valence-electron chi connectivity index (χ4n) is 1.36. The summed E-state index contributed by atoms with van der Waals surface area (Å²) in [5, 5.41) is 9.35. The van der Waals surface area contributed by atoms with E-state index in [1.165, 1.54) is 0 Å². The molecule has 0 aromatic carbocycles. The Kier molecular flexibility index (Phi) is 15.7. The minimum Gasteiger partial charge on any atom is -0.475 e. The summed E-state index contributed by atoms with van der Waals surface area (Å²) in [7, 11) is 0. The molecule has 5 nitrogen and oxygen atoms in total. The maximum Gasteiger partial charge on any atom is 0.395 e. The third-order valence-electron chi connectivity index (χ3n) is 2.63. The molecule has 0 aromatic rings. The van der Waals surface area contributed by atoms with E-state index in [2.05, 4.69) is 0 Å². The summed E-state index contributed by atoms with van der Waals surface area (Å²) < 4.78 is 16.1. The maximum atomic E-state index is 11.4. The van der Waals surface area contributed by atoms with Gasteiger partial charge in [0.1, 0.15) is 0 Å². The summed E-state index contributed by atoms with van der Waals surface area (Å²) in [4.78, 5) is 11.4. The molecule has 0 aliphatic rings. The fraction of sp³-hybridized carbons (Fsp3) is 0.929. The molecular formula is C14H28O5Ti. The van der Waals surface area contributed by atoms with Crippen LogP contribution in [0.5, 0.6) is 0 Å². The summed E-state index contributed by atoms with van der Waals surface area (Å²) in [5.74, 6) is -3.14. The Morgan fingerprint density at radius 1 is 0.850 bits per heavy atom. The third-order valence-corrected chi connectivity index (χ3v) is 2.63. The van der Waals surface area contributed by atoms with E-state index in [1.54, 1.807) is 0 Å². The SMILES string of the molecule is CCCCOC(OCCCC)(OCCCC)C(=O)O.[Ti]. The van der Waals surface area contributed by atoms with Gasteiger partial charge in [-0.05, 0) is 19.3 Å². The number of carboxylic acid groups (broad SMARTS) is 1. The van der Waals surface area contributed by atoms with Gasteiger partial charge in [-0.1, -0.05) is 40.0 Å². The minimum absolute atomic E-state index is 0. The first-order valence-electron chi connectivity index (χ1n) is 7.28. The largest absolute Gasteiger partial charge is 0.475 e. The summed E-state index contributed by atoms with van der Waals surface area (Å²) in [6, 6.07) is 0. The van der Waals surface area contributed by atoms with Crippen molar-refractivity contribution in [3.05, 3.63) is 0 Å². The van der Waals surface area contributed by atoms with Gasteiger partial charge in [0.15, 0.2) is 0 Å². The number of unbranched alkanes of at least 4 members (excludes halogenated alkanes) is 3. The van der Waals surface area contributed by atoms with Gasteiger partial charge in [0.2, 0.25) is 0 Å². The molecule has 0 saturated heterocycles. The molecule has 0 unspecified atom stereocenters. The van der Waals surface area contributed by atoms with Gasteiger partial charge in [-0.25, -0.2) is 4.79 Å². The molecule has 0 amide bonds. The van der Waals surface area contributed by atoms with E-state index >= 15 is 0 Å². The Labute approximate surface area is 137 Å². The second-order valence-corrected chi connectivity index (χ2v) is 4.47. The van der Waals surface area contributed by atoms with Gasteiger partial charge in [0.25, 0.3) is 0 Å². The molecule has 0 saturated carbocycles. The molecule has 0 spiro atoms. The van der Waals surface area contributed by atoms with E-state index in [9.17, 15) is 9.90 Å². The molecule has 6 heteroatoms. The summed E-state index contributed by atoms with van der Waals surface area (Å²) in [6.45, 7) is 7.01. The molecule has 0 rings (SSSR count). The van der Waals surface area contributed by atoms with Crippen molar-refractivity contribution in [3.8, 4) is 0 Å². The molecular weight excluding hydrogens is 296 g/mol. The van der Waals surface area contributed by atoms with Crippen molar-refractivity contribution < 1.29 is 45.8 Å². The molecule has 0 bridgehead atoms. The molecule has 20 heavy (non-hydrogen) atoms. The summed E-state index contributed by atoms with van der Waals surface area (Å²) in [5.41, 5.74) is 0. The molecule has 0 atom stereocenters. The predicted molar refractivity (Wildman–Crippen MR) is 72.9 cm³/mol. The van der Waals surface area contributed by atoms with Crippen LogP contribution in [0.1, 0.15) is 59.3 Å². The van der Waals surface area contributed by atoms with Crippen LogP contribution in [0.4, 0.5) is 0 Å². The normalized spacial score (nSPS) is 11.2. The molecule has 0 radical (unpaired) electrons. The second kappa shape index (κ2) is 14.0. The standard InChI is InChI=1S/C14H28O5.Ti/c1-4-7-10-17-14(13(15)16,18-11-8-5-2)19-12-9-6-3;/h4-12H2,1-3H3,(H,15,16);. The van der Waals surface area contributed by atoms with Crippen LogP contribution in [-0.2, 0) is 40.7 Å². The topological polar surface area (TPSA) is 65.0 Å². The van der Waals surface area contributed by atoms with E-state index in [1.807, 2.05) is 20.8 Å². The van der Waals surface area contributed by atoms with Gasteiger partial charge >= 0.3 is 11.9 Å². The van der Waals surface area contributed by atoms with Crippen LogP contribution < -0.4 is 0 Å². The van der Waals surface area contributed by atoms with E-state index in [-0.39, 0.29) is 21.7 Å². The average Bonchev–Trinajstić information content (AvgIpc) is 2.38. The summed E-state index contributed by atoms with van der Waals surface area (Å²) >= 11 is 0. The van der Waals surface area contributed by atoms with Gasteiger partial charge < -0.3 is 19.3 Å². The van der Waals surface area contributed by atoms with Crippen molar-refractivity contribution in [3.63, 3.8) is 0 Å². The van der Waals surface area contributed by atoms with Gasteiger partial charge in [0.05, 0.1) is 19.8 Å². The zero-order valence-corrected chi connectivity index (χ0v) is 14.5. The Morgan fingerprint density at radius 3 is 1.35 bits per heavy atom. The van der Waals surface area contributed by atoms with Crippen LogP contribution in [0.2, 0.25) is 0 Å². The van der Waals surface area contributed by atoms with Crippen LogP contribution in [0.25, 0.3) is 0 Å². The van der Waals surface area contributed by atoms with Crippen molar-refractivity contribution in [2.24, 2.45) is 0 Å². The molecule has 0 fully saturated rings. The van der Waals surface area contributed by atoms with E-state index < -0.39 is 11.9 Å². The monoisotopic (exact) mass is 324 g/mol. The smallest absolute Gasteiger partial charge is 0.395 e. The van der Waals surface area contributed by atoms with Crippen LogP contribution >= 0.6 is 0 Å². The van der Waals surface area contributed by atoms with Crippen molar-refractivity contribution in [2.45, 2.75) is 65.3 Å². The zero-order valence-electron chi connectivity index (χ0n) is 12.9. The van der Waals surface area contributed by atoms with Gasteiger partial charge in [-0.2, -0.15) is 0 Å². The third kappa shape index (κ3) is 9.08. The number of carboxylic acids is 1. The Morgan fingerprint density at radius 2 is 1.15 bits per heavy atom. The van der Waals surface area contributed by atoms with Crippen LogP contribution in [0.15, 0.2) is 0 Å². The number of hydrogen-bond acceptors (Lipinski definition) is 4. The van der Waals surface area contributed by atoms with Gasteiger partial charge in [0, 0.05) is 21.7 Å². The number of rotatable bonds is 13. The Balaban J connectivity index is 0. The van der Waals surface area contributed by atoms with Gasteiger partial charge in [-0.15, -0.1) is 0 Å². The van der Waals surface area contributed by atoms with Gasteiger partial charge in [-0.3, -0.25) is 0 Å². The predicted octanol–water partition coefficient (Wildman–Crippen LogP) is 3.17. The fourth-order valence-corrected chi connectivity index (χ4v) is 1.36. The van der Waals surface area contributed by atoms with Crippen molar-refractivity contribution in [2.75, 3.05) is 19.8 Å². The van der Waals surface area contributed by atoms with Crippen molar-refractivity contribution >= 4 is 5.97 Å². The minimum atomic E-state index is -1.93. The number of aliphatic carboxylic acids is 1. The Hall–Kier alpha value is 0.0643. The van der Waals surface area contributed by atoms with Crippen molar-refractivity contribution in [1.29, 1.82) is 0 Å². The first-order valence-corrected chi connectivity index (χ1v) is 7.28. The van der Waals surface area contributed by atoms with E-state index in [0.29, 0.717) is 19.8 Å². The molecule has 0 aliphatic heterocycles. The van der Waals surface area contributed by atoms with E-state index in [4.69, 9.17) is 14.2 Å². The molecule has 0 heterocycles. The number of ether oxygens (including phenoxy) is 3. The molecule has 1 N–H and O–H groups in total. The second-order valence-electron chi connectivity index (χ2n) is 4.47. The summed E-state index contributed by atoms with van der Waals surface area (Å²) in [6.07, 6.45) is 5.13. The van der Waals surface area contributed by atoms with Crippen LogP contribution in [-0.4, -0.2) is 36.9 Å². The average molecular weight is 324 g/mol. The quantitative estimate of drug-likeness (QED) is 0.320. The number of carbonyl (C=O) groups is 1. The molecule has 0 aliphatic carbocycles. The molecule has 118 valence electrons. The Bertz CT molecular complexity index is 209. The van der Waals surface area contributed by atoms with E-state index in [0.717, 1.165) is 38.5 Å². The maximum absolute atomic E-state index is 11.4. The molecule has 0 aromatic heterocycles. The number of hydrogen-bond donors (Lipinski definition) is 1. The van der Waals surface area contributed by atoms with Crippen molar-refractivity contribution in [1.82, 2.24) is 0 Å². The van der Waals surface area contributed by atoms with Crippen LogP contribution in [0.3, 0.4) is 0 Å². The van der Waals surface area contributed by atoms with Crippen LogP contribution in [0, 0.1) is 0 Å². The zero-order chi connectivity index (χ0) is 14.6. The first-order chi connectivity index (χ1) is 9.13.